The van der Waals surface area contributed by atoms with Gasteiger partial charge in [0.05, 0.1) is 38.9 Å². The lowest BCUT2D eigenvalue weighted by Crippen LogP contribution is -2.28. The fourth-order valence-corrected chi connectivity index (χ4v) is 4.71. The maximum Gasteiger partial charge on any atom is 0.256 e. The van der Waals surface area contributed by atoms with Crippen molar-refractivity contribution in [3.05, 3.63) is 82.6 Å². The van der Waals surface area contributed by atoms with Gasteiger partial charge in [-0.2, -0.15) is 0 Å². The molecule has 8 nitrogen and oxygen atoms in total. The Labute approximate surface area is 217 Å². The fraction of sp³-hybridized carbons (Fsp3) is 0.231. The van der Waals surface area contributed by atoms with E-state index in [0.29, 0.717) is 70.5 Å². The summed E-state index contributed by atoms with van der Waals surface area (Å²) in [7, 11) is 0. The number of nitrogens with zero attached hydrogens (tertiary/aromatic N) is 4. The monoisotopic (exact) mass is 522 g/mol. The van der Waals surface area contributed by atoms with E-state index in [1.165, 1.54) is 6.33 Å². The number of imidazole rings is 1. The number of anilines is 1. The summed E-state index contributed by atoms with van der Waals surface area (Å²) in [6.45, 7) is 4.71. The summed E-state index contributed by atoms with van der Waals surface area (Å²) in [4.78, 5) is 31.6. The highest BCUT2D eigenvalue weighted by molar-refractivity contribution is 6.35. The van der Waals surface area contributed by atoms with Gasteiger partial charge in [0.1, 0.15) is 18.0 Å². The van der Waals surface area contributed by atoms with Gasteiger partial charge in [0.15, 0.2) is 0 Å². The highest BCUT2D eigenvalue weighted by Crippen LogP contribution is 2.32. The van der Waals surface area contributed by atoms with Gasteiger partial charge in [-0.3, -0.25) is 4.79 Å². The second kappa shape index (κ2) is 10.2. The second-order valence-electron chi connectivity index (χ2n) is 8.69. The highest BCUT2D eigenvalue weighted by atomic mass is 35.5. The van der Waals surface area contributed by atoms with Crippen LogP contribution in [0.3, 0.4) is 0 Å². The number of aliphatic hydroxyl groups excluding tert-OH is 1. The van der Waals surface area contributed by atoms with Crippen LogP contribution in [0.5, 0.6) is 0 Å². The van der Waals surface area contributed by atoms with Crippen LogP contribution in [0.4, 0.5) is 5.82 Å². The van der Waals surface area contributed by atoms with Crippen LogP contribution in [0.1, 0.15) is 41.5 Å². The van der Waals surface area contributed by atoms with Crippen molar-refractivity contribution in [1.29, 1.82) is 0 Å². The maximum absolute atomic E-state index is 12.9. The number of H-pyrrole nitrogens is 1. The number of carbonyl (C=O) groups is 1. The summed E-state index contributed by atoms with van der Waals surface area (Å²) in [6, 6.07) is 8.65. The molecule has 3 heterocycles. The summed E-state index contributed by atoms with van der Waals surface area (Å²) in [5, 5.41) is 14.7. The van der Waals surface area contributed by atoms with Crippen molar-refractivity contribution in [2.45, 2.75) is 25.3 Å². The van der Waals surface area contributed by atoms with Gasteiger partial charge >= 0.3 is 0 Å². The molecule has 0 radical (unpaired) electrons. The number of nitrogens with one attached hydrogen (secondary N) is 2. The molecular formula is C26H24Cl2N6O2. The maximum atomic E-state index is 12.9. The van der Waals surface area contributed by atoms with Crippen molar-refractivity contribution in [1.82, 2.24) is 24.8 Å². The molecule has 0 saturated heterocycles. The Morgan fingerprint density at radius 1 is 1.17 bits per heavy atom. The minimum atomic E-state index is -0.260. The largest absolute Gasteiger partial charge is 0.513 e. The van der Waals surface area contributed by atoms with Crippen LogP contribution < -0.4 is 5.32 Å². The number of rotatable bonds is 8. The number of aliphatic hydroxyl groups is 1. The summed E-state index contributed by atoms with van der Waals surface area (Å²) in [6.07, 6.45) is 7.15. The lowest BCUT2D eigenvalue weighted by molar-refractivity contribution is 0.0800. The van der Waals surface area contributed by atoms with Crippen LogP contribution in [-0.2, 0) is 0 Å². The average molecular weight is 523 g/mol. The Balaban J connectivity index is 1.48. The number of halogens is 2. The molecule has 0 bridgehead atoms. The van der Waals surface area contributed by atoms with Crippen LogP contribution in [0, 0.1) is 0 Å². The molecule has 36 heavy (non-hydrogen) atoms. The molecule has 1 atom stereocenters. The smallest absolute Gasteiger partial charge is 0.256 e. The van der Waals surface area contributed by atoms with Crippen LogP contribution in [-0.4, -0.2) is 48.9 Å². The molecule has 2 aromatic carbocycles. The zero-order chi connectivity index (χ0) is 25.2. The van der Waals surface area contributed by atoms with Gasteiger partial charge in [-0.15, -0.1) is 0 Å². The molecule has 1 unspecified atom stereocenters. The number of amides is 1. The Kier molecular flexibility index (Phi) is 6.80. The number of fused-ring (bicyclic) bond motifs is 2. The Bertz CT molecular complexity index is 1490. The SMILES string of the molecule is C=C(O)CCCC(Nc1ncnc2cc(C(=O)N3CC=CC3)c(Cl)cc12)c1nc2ccc(Cl)cc2[nH]1. The molecule has 0 fully saturated rings. The normalized spacial score (nSPS) is 14.0. The Hall–Kier alpha value is -3.62. The second-order valence-corrected chi connectivity index (χ2v) is 9.54. The van der Waals surface area contributed by atoms with Crippen molar-refractivity contribution in [2.75, 3.05) is 18.4 Å². The lowest BCUT2D eigenvalue weighted by Gasteiger charge is -2.19. The minimum absolute atomic E-state index is 0.134. The van der Waals surface area contributed by atoms with Crippen LogP contribution >= 0.6 is 23.2 Å². The standard InChI is InChI=1S/C26H24Cl2N6O2/c1-15(35)5-4-6-21(25-31-20-8-7-16(27)11-23(20)33-25)32-24-18-12-19(28)17(13-22(18)29-14-30-24)26(36)34-9-2-3-10-34/h2-3,7-8,11-14,21,35H,1,4-6,9-10H2,(H,31,33)(H,29,30,32). The van der Waals surface area contributed by atoms with Crippen LogP contribution in [0.2, 0.25) is 10.0 Å². The third kappa shape index (κ3) is 5.01. The van der Waals surface area contributed by atoms with Crippen molar-refractivity contribution in [3.63, 3.8) is 0 Å². The highest BCUT2D eigenvalue weighted by Gasteiger charge is 2.22. The van der Waals surface area contributed by atoms with E-state index in [1.54, 1.807) is 23.1 Å². The third-order valence-corrected chi connectivity index (χ3v) is 6.67. The number of carbonyl (C=O) groups excluding carboxylic acids is 1. The third-order valence-electron chi connectivity index (χ3n) is 6.12. The summed E-state index contributed by atoms with van der Waals surface area (Å²) < 4.78 is 0. The molecule has 5 rings (SSSR count). The first-order valence-electron chi connectivity index (χ1n) is 11.6. The predicted molar refractivity (Wildman–Crippen MR) is 143 cm³/mol. The van der Waals surface area contributed by atoms with Gasteiger partial charge < -0.3 is 20.3 Å². The lowest BCUT2D eigenvalue weighted by atomic mass is 10.1. The number of allylic oxidation sites excluding steroid dienone is 1. The first-order chi connectivity index (χ1) is 17.4. The van der Waals surface area contributed by atoms with Crippen molar-refractivity contribution in [2.24, 2.45) is 0 Å². The van der Waals surface area contributed by atoms with Gasteiger partial charge in [0.25, 0.3) is 5.91 Å². The molecule has 4 aromatic rings. The molecule has 0 spiro atoms. The number of hydrogen-bond acceptors (Lipinski definition) is 6. The molecule has 10 heteroatoms. The van der Waals surface area contributed by atoms with Gasteiger partial charge in [0, 0.05) is 29.9 Å². The molecule has 184 valence electrons. The van der Waals surface area contributed by atoms with Gasteiger partial charge in [-0.25, -0.2) is 15.0 Å². The summed E-state index contributed by atoms with van der Waals surface area (Å²) in [5.41, 5.74) is 2.63. The van der Waals surface area contributed by atoms with Gasteiger partial charge in [-0.1, -0.05) is 41.9 Å². The number of aromatic amines is 1. The van der Waals surface area contributed by atoms with E-state index < -0.39 is 0 Å². The Morgan fingerprint density at radius 3 is 2.75 bits per heavy atom. The zero-order valence-electron chi connectivity index (χ0n) is 19.3. The van der Waals surface area contributed by atoms with Crippen molar-refractivity contribution >= 4 is 56.9 Å². The van der Waals surface area contributed by atoms with E-state index >= 15 is 0 Å². The molecule has 0 aliphatic carbocycles. The summed E-state index contributed by atoms with van der Waals surface area (Å²) in [5.74, 6) is 1.27. The quantitative estimate of drug-likeness (QED) is 0.187. The van der Waals surface area contributed by atoms with Gasteiger partial charge in [-0.05, 0) is 43.2 Å². The van der Waals surface area contributed by atoms with Crippen LogP contribution in [0.25, 0.3) is 21.9 Å². The predicted octanol–water partition coefficient (Wildman–Crippen LogP) is 6.22. The van der Waals surface area contributed by atoms with Crippen molar-refractivity contribution in [3.8, 4) is 0 Å². The molecular weight excluding hydrogens is 499 g/mol. The first kappa shape index (κ1) is 24.1. The van der Waals surface area contributed by atoms with Gasteiger partial charge in [0.2, 0.25) is 0 Å². The Morgan fingerprint density at radius 2 is 1.97 bits per heavy atom. The summed E-state index contributed by atoms with van der Waals surface area (Å²) >= 11 is 12.7. The number of aromatic nitrogens is 4. The average Bonchev–Trinajstić information content (AvgIpc) is 3.53. The molecule has 1 aliphatic rings. The first-order valence-corrected chi connectivity index (χ1v) is 12.3. The van der Waals surface area contributed by atoms with Crippen molar-refractivity contribution < 1.29 is 9.90 Å². The molecule has 1 aliphatic heterocycles. The topological polar surface area (TPSA) is 107 Å². The minimum Gasteiger partial charge on any atom is -0.513 e. The van der Waals surface area contributed by atoms with E-state index in [0.717, 1.165) is 11.0 Å². The fourth-order valence-electron chi connectivity index (χ4n) is 4.29. The van der Waals surface area contributed by atoms with E-state index in [1.807, 2.05) is 24.3 Å². The van der Waals surface area contributed by atoms with E-state index in [-0.39, 0.29) is 17.7 Å². The molecule has 3 N–H and O–H groups in total. The van der Waals surface area contributed by atoms with E-state index in [9.17, 15) is 9.90 Å². The molecule has 1 amide bonds. The van der Waals surface area contributed by atoms with Crippen LogP contribution in [0.15, 0.2) is 61.1 Å². The number of hydrogen-bond donors (Lipinski definition) is 3. The van der Waals surface area contributed by atoms with E-state index in [4.69, 9.17) is 28.2 Å². The number of benzene rings is 2. The zero-order valence-corrected chi connectivity index (χ0v) is 20.9. The molecule has 0 saturated carbocycles. The van der Waals surface area contributed by atoms with E-state index in [2.05, 4.69) is 26.8 Å². The molecule has 2 aromatic heterocycles.